The molecule has 8 nitrogen and oxygen atoms in total. The number of amides is 1. The number of aromatic nitrogens is 4. The van der Waals surface area contributed by atoms with E-state index in [1.54, 1.807) is 24.5 Å². The monoisotopic (exact) mass is 457 g/mol. The normalized spacial score (nSPS) is 10.9. The summed E-state index contributed by atoms with van der Waals surface area (Å²) in [6, 6.07) is 17.8. The second-order valence-electron chi connectivity index (χ2n) is 7.26. The standard InChI is InChI=1S/C24H19N5O3S/c1-32-21-5-3-2-4-18(21)19-10-11-23(31)29(27-19)15-22(30)25-17-8-6-16(7-9-17)20-14-28-12-13-33-24(28)26-20/h2-14H,15H2,1H3,(H,25,30). The third kappa shape index (κ3) is 4.26. The van der Waals surface area contributed by atoms with Gasteiger partial charge in [0.2, 0.25) is 5.91 Å². The molecule has 5 aromatic rings. The largest absolute Gasteiger partial charge is 0.496 e. The van der Waals surface area contributed by atoms with Crippen LogP contribution in [0.15, 0.2) is 83.2 Å². The lowest BCUT2D eigenvalue weighted by Gasteiger charge is -2.10. The Hall–Kier alpha value is -4.24. The molecule has 0 unspecified atom stereocenters. The number of imidazole rings is 1. The van der Waals surface area contributed by atoms with Gasteiger partial charge in [0.25, 0.3) is 5.56 Å². The molecule has 1 N–H and O–H groups in total. The summed E-state index contributed by atoms with van der Waals surface area (Å²) < 4.78 is 8.49. The minimum Gasteiger partial charge on any atom is -0.496 e. The summed E-state index contributed by atoms with van der Waals surface area (Å²) in [6.45, 7) is -0.207. The van der Waals surface area contributed by atoms with Crippen molar-refractivity contribution in [3.8, 4) is 28.3 Å². The van der Waals surface area contributed by atoms with Crippen molar-refractivity contribution in [1.82, 2.24) is 19.2 Å². The van der Waals surface area contributed by atoms with Gasteiger partial charge >= 0.3 is 0 Å². The van der Waals surface area contributed by atoms with Gasteiger partial charge in [-0.1, -0.05) is 24.3 Å². The highest BCUT2D eigenvalue weighted by atomic mass is 32.1. The number of ether oxygens (including phenoxy) is 1. The Kier molecular flexibility index (Phi) is 5.45. The summed E-state index contributed by atoms with van der Waals surface area (Å²) >= 11 is 1.57. The first-order valence-electron chi connectivity index (χ1n) is 10.1. The summed E-state index contributed by atoms with van der Waals surface area (Å²) in [5, 5.41) is 9.15. The third-order valence-electron chi connectivity index (χ3n) is 5.10. The molecule has 0 radical (unpaired) electrons. The number of para-hydroxylation sites is 1. The minimum absolute atomic E-state index is 0.207. The van der Waals surface area contributed by atoms with E-state index in [4.69, 9.17) is 4.74 Å². The van der Waals surface area contributed by atoms with Crippen LogP contribution in [-0.4, -0.2) is 32.2 Å². The molecule has 2 aromatic carbocycles. The molecule has 0 bridgehead atoms. The van der Waals surface area contributed by atoms with E-state index < -0.39 is 0 Å². The van der Waals surface area contributed by atoms with E-state index in [1.807, 2.05) is 70.7 Å². The van der Waals surface area contributed by atoms with Gasteiger partial charge in [-0.25, -0.2) is 9.67 Å². The number of anilines is 1. The van der Waals surface area contributed by atoms with Crippen molar-refractivity contribution in [3.63, 3.8) is 0 Å². The van der Waals surface area contributed by atoms with Crippen molar-refractivity contribution in [3.05, 3.63) is 88.8 Å². The molecule has 3 aromatic heterocycles. The molecule has 9 heteroatoms. The van der Waals surface area contributed by atoms with Gasteiger partial charge in [-0.3, -0.25) is 14.0 Å². The molecule has 0 aliphatic heterocycles. The maximum atomic E-state index is 12.6. The zero-order valence-electron chi connectivity index (χ0n) is 17.6. The Labute approximate surface area is 192 Å². The van der Waals surface area contributed by atoms with E-state index in [0.717, 1.165) is 26.5 Å². The molecule has 164 valence electrons. The van der Waals surface area contributed by atoms with E-state index >= 15 is 0 Å². The predicted molar refractivity (Wildman–Crippen MR) is 128 cm³/mol. The number of rotatable bonds is 6. The number of carbonyl (C=O) groups excluding carboxylic acids is 1. The number of hydrogen-bond acceptors (Lipinski definition) is 6. The van der Waals surface area contributed by atoms with E-state index in [-0.39, 0.29) is 18.0 Å². The van der Waals surface area contributed by atoms with Gasteiger partial charge in [0.05, 0.1) is 18.5 Å². The van der Waals surface area contributed by atoms with Gasteiger partial charge in [0, 0.05) is 40.7 Å². The lowest BCUT2D eigenvalue weighted by molar-refractivity contribution is -0.117. The summed E-state index contributed by atoms with van der Waals surface area (Å²) in [5.41, 5.74) is 3.36. The number of nitrogens with zero attached hydrogens (tertiary/aromatic N) is 4. The zero-order chi connectivity index (χ0) is 22.8. The number of benzene rings is 2. The molecule has 0 aliphatic rings. The molecule has 0 fully saturated rings. The molecule has 33 heavy (non-hydrogen) atoms. The van der Waals surface area contributed by atoms with E-state index in [1.165, 1.54) is 6.07 Å². The first-order chi connectivity index (χ1) is 16.1. The first-order valence-corrected chi connectivity index (χ1v) is 11.0. The van der Waals surface area contributed by atoms with Gasteiger partial charge in [0.1, 0.15) is 12.3 Å². The third-order valence-corrected chi connectivity index (χ3v) is 5.87. The molecule has 0 aliphatic carbocycles. The fraction of sp³-hybridized carbons (Fsp3) is 0.0833. The van der Waals surface area contributed by atoms with Crippen LogP contribution in [0.4, 0.5) is 5.69 Å². The fourth-order valence-corrected chi connectivity index (χ4v) is 4.19. The quantitative estimate of drug-likeness (QED) is 0.417. The van der Waals surface area contributed by atoms with Crippen LogP contribution >= 0.6 is 11.3 Å². The average molecular weight is 458 g/mol. The van der Waals surface area contributed by atoms with Crippen LogP contribution in [0.3, 0.4) is 0 Å². The summed E-state index contributed by atoms with van der Waals surface area (Å²) in [7, 11) is 1.57. The highest BCUT2D eigenvalue weighted by molar-refractivity contribution is 7.15. The van der Waals surface area contributed by atoms with Gasteiger partial charge in [-0.15, -0.1) is 11.3 Å². The van der Waals surface area contributed by atoms with Crippen molar-refractivity contribution < 1.29 is 9.53 Å². The Balaban J connectivity index is 1.31. The average Bonchev–Trinajstić information content (AvgIpc) is 3.44. The van der Waals surface area contributed by atoms with Crippen LogP contribution in [0.25, 0.3) is 27.5 Å². The number of thiazole rings is 1. The van der Waals surface area contributed by atoms with Crippen LogP contribution in [-0.2, 0) is 11.3 Å². The second kappa shape index (κ2) is 8.71. The van der Waals surface area contributed by atoms with Gasteiger partial charge < -0.3 is 10.1 Å². The first kappa shape index (κ1) is 20.7. The van der Waals surface area contributed by atoms with Crippen molar-refractivity contribution in [2.45, 2.75) is 6.54 Å². The predicted octanol–water partition coefficient (Wildman–Crippen LogP) is 3.93. The SMILES string of the molecule is COc1ccccc1-c1ccc(=O)n(CC(=O)Nc2ccc(-c3cn4ccsc4n3)cc2)n1. The second-order valence-corrected chi connectivity index (χ2v) is 8.13. The molecule has 5 rings (SSSR count). The number of carbonyl (C=O) groups is 1. The minimum atomic E-state index is -0.362. The number of fused-ring (bicyclic) bond motifs is 1. The lowest BCUT2D eigenvalue weighted by atomic mass is 10.1. The van der Waals surface area contributed by atoms with Crippen LogP contribution in [0.5, 0.6) is 5.75 Å². The molecular weight excluding hydrogens is 438 g/mol. The van der Waals surface area contributed by atoms with Crippen molar-refractivity contribution in [1.29, 1.82) is 0 Å². The lowest BCUT2D eigenvalue weighted by Crippen LogP contribution is -2.29. The molecule has 0 saturated heterocycles. The maximum Gasteiger partial charge on any atom is 0.267 e. The Morgan fingerprint density at radius 3 is 2.67 bits per heavy atom. The zero-order valence-corrected chi connectivity index (χ0v) is 18.5. The molecule has 3 heterocycles. The van der Waals surface area contributed by atoms with E-state index in [9.17, 15) is 9.59 Å². The van der Waals surface area contributed by atoms with Gasteiger partial charge in [-0.2, -0.15) is 5.10 Å². The van der Waals surface area contributed by atoms with Crippen molar-refractivity contribution in [2.75, 3.05) is 12.4 Å². The smallest absolute Gasteiger partial charge is 0.267 e. The summed E-state index contributed by atoms with van der Waals surface area (Å²) in [5.74, 6) is 0.286. The maximum absolute atomic E-state index is 12.6. The van der Waals surface area contributed by atoms with E-state index in [0.29, 0.717) is 17.1 Å². The number of nitrogens with one attached hydrogen (secondary N) is 1. The highest BCUT2D eigenvalue weighted by Gasteiger charge is 2.12. The van der Waals surface area contributed by atoms with Crippen molar-refractivity contribution in [2.24, 2.45) is 0 Å². The van der Waals surface area contributed by atoms with E-state index in [2.05, 4.69) is 15.4 Å². The van der Waals surface area contributed by atoms with Gasteiger partial charge in [0.15, 0.2) is 4.96 Å². The molecule has 0 atom stereocenters. The topological polar surface area (TPSA) is 90.5 Å². The summed E-state index contributed by atoms with van der Waals surface area (Å²) in [4.78, 5) is 30.4. The van der Waals surface area contributed by atoms with Crippen LogP contribution in [0.1, 0.15) is 0 Å². The highest BCUT2D eigenvalue weighted by Crippen LogP contribution is 2.27. The fourth-order valence-electron chi connectivity index (χ4n) is 3.49. The van der Waals surface area contributed by atoms with Crippen molar-refractivity contribution >= 4 is 27.9 Å². The number of hydrogen-bond donors (Lipinski definition) is 1. The van der Waals surface area contributed by atoms with Crippen LogP contribution in [0.2, 0.25) is 0 Å². The van der Waals surface area contributed by atoms with Crippen LogP contribution < -0.4 is 15.6 Å². The Morgan fingerprint density at radius 2 is 1.88 bits per heavy atom. The Bertz CT molecular complexity index is 1470. The van der Waals surface area contributed by atoms with Crippen LogP contribution in [0, 0.1) is 0 Å². The number of methoxy groups -OCH3 is 1. The Morgan fingerprint density at radius 1 is 1.06 bits per heavy atom. The molecular formula is C24H19N5O3S. The summed E-state index contributed by atoms with van der Waals surface area (Å²) in [6.07, 6.45) is 3.93. The molecule has 0 saturated carbocycles. The molecule has 0 spiro atoms. The molecule has 1 amide bonds. The van der Waals surface area contributed by atoms with Gasteiger partial charge in [-0.05, 0) is 30.3 Å².